The summed E-state index contributed by atoms with van der Waals surface area (Å²) in [6.45, 7) is 1.90. The average Bonchev–Trinajstić information content (AvgIpc) is 3.68. The van der Waals surface area contributed by atoms with Crippen molar-refractivity contribution in [2.75, 3.05) is 0 Å². The molecule has 0 bridgehead atoms. The number of hydrogen-bond donors (Lipinski definition) is 1. The molecule has 2 heterocycles. The van der Waals surface area contributed by atoms with Crippen LogP contribution in [-0.4, -0.2) is 29.0 Å². The van der Waals surface area contributed by atoms with E-state index in [1.54, 1.807) is 0 Å². The van der Waals surface area contributed by atoms with E-state index in [9.17, 15) is 13.7 Å². The molecule has 1 aromatic carbocycles. The third kappa shape index (κ3) is 3.64. The first-order valence-corrected chi connectivity index (χ1v) is 13.4. The van der Waals surface area contributed by atoms with Crippen molar-refractivity contribution in [2.45, 2.75) is 74.8 Å². The van der Waals surface area contributed by atoms with E-state index >= 15 is 0 Å². The molecule has 6 rings (SSSR count). The minimum absolute atomic E-state index is 0.0552. The van der Waals surface area contributed by atoms with Gasteiger partial charge < -0.3 is 4.57 Å². The maximum absolute atomic E-state index is 12.8. The Morgan fingerprint density at radius 1 is 1.12 bits per heavy atom. The van der Waals surface area contributed by atoms with Gasteiger partial charge in [-0.05, 0) is 75.3 Å². The Labute approximate surface area is 193 Å². The van der Waals surface area contributed by atoms with Gasteiger partial charge in [0, 0.05) is 17.5 Å². The third-order valence-electron chi connectivity index (χ3n) is 7.45. The smallest absolute Gasteiger partial charge is 0.243 e. The number of sulfonamides is 1. The van der Waals surface area contributed by atoms with E-state index in [2.05, 4.69) is 43.5 Å². The van der Waals surface area contributed by atoms with Crippen molar-refractivity contribution in [3.05, 3.63) is 41.7 Å². The normalized spacial score (nSPS) is 19.9. The molecule has 0 aliphatic heterocycles. The molecule has 3 aliphatic carbocycles. The number of nitrogens with one attached hydrogen (secondary N) is 1. The van der Waals surface area contributed by atoms with E-state index in [-0.39, 0.29) is 10.9 Å². The largest absolute Gasteiger partial charge is 0.334 e. The maximum Gasteiger partial charge on any atom is 0.243 e. The maximum atomic E-state index is 12.8. The van der Waals surface area contributed by atoms with Gasteiger partial charge in [0.25, 0.3) is 0 Å². The lowest BCUT2D eigenvalue weighted by molar-refractivity contribution is 0.323. The van der Waals surface area contributed by atoms with Gasteiger partial charge in [0.05, 0.1) is 23.5 Å². The number of fused-ring (bicyclic) bond motifs is 1. The van der Waals surface area contributed by atoms with Gasteiger partial charge >= 0.3 is 0 Å². The van der Waals surface area contributed by atoms with E-state index in [1.807, 2.05) is 6.92 Å². The van der Waals surface area contributed by atoms with Crippen LogP contribution >= 0.6 is 0 Å². The third-order valence-corrected chi connectivity index (χ3v) is 8.96. The standard InChI is InChI=1S/C25H27N5O2S/c1-15(16-5-6-16)29-33(31,32)20-13-27-25(28-14-20)24-22(12-26)21-10-9-18(17-7-8-17)11-23(21)30(24)19-3-2-4-19/h9-11,13-17,19,29H,2-8H2,1H3/t15-/m0/s1. The zero-order valence-corrected chi connectivity index (χ0v) is 19.5. The Morgan fingerprint density at radius 3 is 2.42 bits per heavy atom. The molecule has 1 N–H and O–H groups in total. The second-order valence-corrected chi connectivity index (χ2v) is 11.5. The fourth-order valence-corrected chi connectivity index (χ4v) is 6.14. The van der Waals surface area contributed by atoms with Gasteiger partial charge in [0.2, 0.25) is 10.0 Å². The average molecular weight is 462 g/mol. The summed E-state index contributed by atoms with van der Waals surface area (Å²) >= 11 is 0. The quantitative estimate of drug-likeness (QED) is 0.552. The van der Waals surface area contributed by atoms with Crippen LogP contribution in [0.1, 0.15) is 75.0 Å². The van der Waals surface area contributed by atoms with Gasteiger partial charge in [-0.15, -0.1) is 0 Å². The van der Waals surface area contributed by atoms with Gasteiger partial charge in [-0.3, -0.25) is 0 Å². The highest BCUT2D eigenvalue weighted by Crippen LogP contribution is 2.45. The molecule has 33 heavy (non-hydrogen) atoms. The Morgan fingerprint density at radius 2 is 1.85 bits per heavy atom. The van der Waals surface area contributed by atoms with Crippen LogP contribution in [0.15, 0.2) is 35.5 Å². The van der Waals surface area contributed by atoms with Gasteiger partial charge in [-0.1, -0.05) is 12.1 Å². The number of nitrogens with zero attached hydrogens (tertiary/aromatic N) is 4. The molecule has 8 heteroatoms. The minimum atomic E-state index is -3.68. The first kappa shape index (κ1) is 20.8. The van der Waals surface area contributed by atoms with Gasteiger partial charge in [0.15, 0.2) is 5.82 Å². The lowest BCUT2D eigenvalue weighted by Gasteiger charge is -2.29. The molecule has 7 nitrogen and oxygen atoms in total. The van der Waals surface area contributed by atoms with E-state index < -0.39 is 10.0 Å². The van der Waals surface area contributed by atoms with E-state index in [0.29, 0.717) is 35.0 Å². The zero-order valence-electron chi connectivity index (χ0n) is 18.7. The lowest BCUT2D eigenvalue weighted by Crippen LogP contribution is -2.34. The van der Waals surface area contributed by atoms with Crippen LogP contribution in [0.5, 0.6) is 0 Å². The molecule has 170 valence electrons. The number of aromatic nitrogens is 3. The highest BCUT2D eigenvalue weighted by Gasteiger charge is 2.33. The number of rotatable bonds is 7. The van der Waals surface area contributed by atoms with Crippen LogP contribution < -0.4 is 4.72 Å². The van der Waals surface area contributed by atoms with Gasteiger partial charge in [0.1, 0.15) is 16.7 Å². The Hall–Kier alpha value is -2.76. The van der Waals surface area contributed by atoms with Crippen LogP contribution in [0.4, 0.5) is 0 Å². The fraction of sp³-hybridized carbons (Fsp3) is 0.480. The molecule has 3 saturated carbocycles. The summed E-state index contributed by atoms with van der Waals surface area (Å²) in [7, 11) is -3.68. The molecule has 0 spiro atoms. The first-order valence-electron chi connectivity index (χ1n) is 11.9. The molecule has 3 aromatic rings. The zero-order chi connectivity index (χ0) is 22.7. The Bertz CT molecular complexity index is 1370. The SMILES string of the molecule is C[C@H](NS(=O)(=O)c1cnc(-c2c(C#N)c3ccc(C4CC4)cc3n2C2CCC2)nc1)C1CC1. The molecule has 0 amide bonds. The summed E-state index contributed by atoms with van der Waals surface area (Å²) in [5.74, 6) is 1.44. The lowest BCUT2D eigenvalue weighted by atomic mass is 9.92. The van der Waals surface area contributed by atoms with Crippen LogP contribution in [0.25, 0.3) is 22.4 Å². The molecular weight excluding hydrogens is 434 g/mol. The van der Waals surface area contributed by atoms with Crippen molar-refractivity contribution >= 4 is 20.9 Å². The van der Waals surface area contributed by atoms with Crippen LogP contribution in [0.3, 0.4) is 0 Å². The molecular formula is C25H27N5O2S. The second kappa shape index (κ2) is 7.64. The van der Waals surface area contributed by atoms with Crippen LogP contribution in [-0.2, 0) is 10.0 Å². The van der Waals surface area contributed by atoms with Gasteiger partial charge in [-0.25, -0.2) is 23.1 Å². The summed E-state index contributed by atoms with van der Waals surface area (Å²) in [6, 6.07) is 9.03. The molecule has 2 aromatic heterocycles. The highest BCUT2D eigenvalue weighted by atomic mass is 32.2. The molecule has 3 fully saturated rings. The molecule has 0 radical (unpaired) electrons. The summed E-state index contributed by atoms with van der Waals surface area (Å²) in [4.78, 5) is 8.97. The summed E-state index contributed by atoms with van der Waals surface area (Å²) in [6.07, 6.45) is 10.6. The predicted molar refractivity (Wildman–Crippen MR) is 125 cm³/mol. The monoisotopic (exact) mass is 461 g/mol. The Balaban J connectivity index is 1.43. The highest BCUT2D eigenvalue weighted by molar-refractivity contribution is 7.89. The van der Waals surface area contributed by atoms with E-state index in [4.69, 9.17) is 0 Å². The van der Waals surface area contributed by atoms with Crippen molar-refractivity contribution < 1.29 is 8.42 Å². The number of nitriles is 1. The summed E-state index contributed by atoms with van der Waals surface area (Å²) in [5.41, 5.74) is 3.66. The van der Waals surface area contributed by atoms with Gasteiger partial charge in [-0.2, -0.15) is 5.26 Å². The second-order valence-electron chi connectivity index (χ2n) is 9.83. The molecule has 1 atom stereocenters. The van der Waals surface area contributed by atoms with Crippen molar-refractivity contribution in [1.82, 2.24) is 19.3 Å². The van der Waals surface area contributed by atoms with Crippen molar-refractivity contribution in [1.29, 1.82) is 5.26 Å². The number of benzene rings is 1. The van der Waals surface area contributed by atoms with Crippen molar-refractivity contribution in [2.24, 2.45) is 5.92 Å². The summed E-state index contributed by atoms with van der Waals surface area (Å²) < 4.78 is 30.5. The fourth-order valence-electron chi connectivity index (χ4n) is 4.94. The first-order chi connectivity index (χ1) is 16.0. The minimum Gasteiger partial charge on any atom is -0.334 e. The number of hydrogen-bond acceptors (Lipinski definition) is 5. The topological polar surface area (TPSA) is 101 Å². The van der Waals surface area contributed by atoms with E-state index in [1.165, 1.54) is 30.8 Å². The molecule has 0 unspecified atom stereocenters. The predicted octanol–water partition coefficient (Wildman–Crippen LogP) is 4.65. The van der Waals surface area contributed by atoms with Crippen LogP contribution in [0.2, 0.25) is 0 Å². The molecule has 0 saturated heterocycles. The molecule has 3 aliphatic rings. The van der Waals surface area contributed by atoms with Crippen molar-refractivity contribution in [3.63, 3.8) is 0 Å². The van der Waals surface area contributed by atoms with Crippen LogP contribution in [0, 0.1) is 17.2 Å². The van der Waals surface area contributed by atoms with Crippen molar-refractivity contribution in [3.8, 4) is 17.6 Å². The Kier molecular flexibility index (Phi) is 4.82. The summed E-state index contributed by atoms with van der Waals surface area (Å²) in [5, 5.41) is 11.0. The van der Waals surface area contributed by atoms with E-state index in [0.717, 1.165) is 43.0 Å².